The van der Waals surface area contributed by atoms with Crippen molar-refractivity contribution in [3.63, 3.8) is 0 Å². The summed E-state index contributed by atoms with van der Waals surface area (Å²) in [5, 5.41) is 11.6. The normalized spacial score (nSPS) is 17.3. The van der Waals surface area contributed by atoms with Crippen LogP contribution in [0, 0.1) is 25.2 Å². The van der Waals surface area contributed by atoms with Gasteiger partial charge in [0.25, 0.3) is 11.8 Å². The number of imide groups is 2. The molecule has 2 aliphatic rings. The average Bonchev–Trinajstić information content (AvgIpc) is 3.23. The van der Waals surface area contributed by atoms with Crippen molar-refractivity contribution in [1.29, 1.82) is 5.26 Å². The fourth-order valence-corrected chi connectivity index (χ4v) is 5.44. The molecule has 1 N–H and O–H groups in total. The van der Waals surface area contributed by atoms with Crippen LogP contribution in [0.1, 0.15) is 60.2 Å². The number of urea groups is 1. The number of rotatable bonds is 6. The Hall–Kier alpha value is -4.64. The molecule has 1 aliphatic carbocycles. The third-order valence-corrected chi connectivity index (χ3v) is 7.47. The van der Waals surface area contributed by atoms with Crippen LogP contribution in [0.15, 0.2) is 60.2 Å². The zero-order valence-corrected chi connectivity index (χ0v) is 22.1. The Kier molecular flexibility index (Phi) is 7.33. The number of ether oxygens (including phenoxy) is 1. The molecule has 5 rings (SSSR count). The second-order valence-corrected chi connectivity index (χ2v) is 10.00. The molecule has 39 heavy (non-hydrogen) atoms. The van der Waals surface area contributed by atoms with E-state index in [-0.39, 0.29) is 11.6 Å². The molecule has 1 aliphatic heterocycles. The van der Waals surface area contributed by atoms with Crippen molar-refractivity contribution in [2.45, 2.75) is 58.6 Å². The summed E-state index contributed by atoms with van der Waals surface area (Å²) in [6.45, 7) is 4.18. The molecule has 0 spiro atoms. The van der Waals surface area contributed by atoms with Crippen LogP contribution < -0.4 is 10.1 Å². The molecular formula is C31H30N4O4. The second-order valence-electron chi connectivity index (χ2n) is 10.00. The lowest BCUT2D eigenvalue weighted by Crippen LogP contribution is -2.58. The largest absolute Gasteiger partial charge is 0.489 e. The third kappa shape index (κ3) is 5.21. The van der Waals surface area contributed by atoms with E-state index in [2.05, 4.69) is 11.4 Å². The average molecular weight is 523 g/mol. The van der Waals surface area contributed by atoms with Gasteiger partial charge >= 0.3 is 6.03 Å². The van der Waals surface area contributed by atoms with Gasteiger partial charge in [0.15, 0.2) is 0 Å². The summed E-state index contributed by atoms with van der Waals surface area (Å²) in [6, 6.07) is 18.2. The summed E-state index contributed by atoms with van der Waals surface area (Å²) in [7, 11) is 0. The van der Waals surface area contributed by atoms with E-state index in [4.69, 9.17) is 4.74 Å². The maximum atomic E-state index is 13.3. The van der Waals surface area contributed by atoms with E-state index >= 15 is 0 Å². The van der Waals surface area contributed by atoms with Crippen molar-refractivity contribution in [1.82, 2.24) is 14.8 Å². The molecule has 8 nitrogen and oxygen atoms in total. The van der Waals surface area contributed by atoms with Crippen molar-refractivity contribution in [2.75, 3.05) is 0 Å². The van der Waals surface area contributed by atoms with E-state index < -0.39 is 17.8 Å². The fraction of sp³-hybridized carbons (Fsp3) is 0.290. The lowest BCUT2D eigenvalue weighted by atomic mass is 9.93. The van der Waals surface area contributed by atoms with E-state index in [0.29, 0.717) is 17.9 Å². The molecule has 0 atom stereocenters. The van der Waals surface area contributed by atoms with E-state index in [1.54, 1.807) is 12.1 Å². The van der Waals surface area contributed by atoms with Crippen molar-refractivity contribution in [3.05, 3.63) is 88.2 Å². The zero-order valence-electron chi connectivity index (χ0n) is 22.1. The Bertz CT molecular complexity index is 1500. The summed E-state index contributed by atoms with van der Waals surface area (Å²) in [6.07, 6.45) is 6.14. The lowest BCUT2D eigenvalue weighted by molar-refractivity contribution is -0.132. The van der Waals surface area contributed by atoms with Gasteiger partial charge < -0.3 is 9.30 Å². The number of nitrogens with one attached hydrogen (secondary N) is 1. The van der Waals surface area contributed by atoms with Gasteiger partial charge in [-0.2, -0.15) is 5.26 Å². The molecule has 3 aromatic rings. The summed E-state index contributed by atoms with van der Waals surface area (Å²) in [4.78, 5) is 39.7. The number of aryl methyl sites for hydroxylation is 1. The number of benzene rings is 2. The Labute approximate surface area is 227 Å². The minimum Gasteiger partial charge on any atom is -0.489 e. The van der Waals surface area contributed by atoms with Gasteiger partial charge in [0.1, 0.15) is 17.9 Å². The standard InChI is InChI=1S/C31H30N4O4/c1-20-16-24(17-28-29(36)33-31(38)35(30(28)37)25-10-4-3-5-11-25)21(2)34(20)26-12-14-27(15-13-26)39-19-23-9-7-6-8-22(23)18-32/h6-9,12-17,25H,3-5,10-11,19H2,1-2H3,(H,33,36,38). The van der Waals surface area contributed by atoms with Gasteiger partial charge in [0.2, 0.25) is 0 Å². The van der Waals surface area contributed by atoms with Gasteiger partial charge in [0, 0.05) is 28.7 Å². The number of carbonyl (C=O) groups is 3. The molecule has 0 radical (unpaired) electrons. The minimum absolute atomic E-state index is 0.0261. The molecule has 2 heterocycles. The Balaban J connectivity index is 1.37. The van der Waals surface area contributed by atoms with E-state index in [1.807, 2.05) is 66.9 Å². The molecule has 1 saturated heterocycles. The molecule has 0 bridgehead atoms. The van der Waals surface area contributed by atoms with Crippen molar-refractivity contribution in [3.8, 4) is 17.5 Å². The first-order chi connectivity index (χ1) is 18.9. The van der Waals surface area contributed by atoms with Crippen LogP contribution in [0.4, 0.5) is 4.79 Å². The van der Waals surface area contributed by atoms with Gasteiger partial charge in [-0.3, -0.25) is 19.8 Å². The third-order valence-electron chi connectivity index (χ3n) is 7.47. The smallest absolute Gasteiger partial charge is 0.331 e. The Morgan fingerprint density at radius 1 is 1.03 bits per heavy atom. The lowest BCUT2D eigenvalue weighted by Gasteiger charge is -2.35. The Morgan fingerprint density at radius 2 is 1.74 bits per heavy atom. The van der Waals surface area contributed by atoms with Gasteiger partial charge in [-0.1, -0.05) is 37.5 Å². The molecule has 198 valence electrons. The summed E-state index contributed by atoms with van der Waals surface area (Å²) in [5.41, 5.74) is 4.81. The number of aromatic nitrogens is 1. The van der Waals surface area contributed by atoms with Crippen LogP contribution >= 0.6 is 0 Å². The number of nitriles is 1. The minimum atomic E-state index is -0.665. The maximum Gasteiger partial charge on any atom is 0.331 e. The number of hydrogen-bond acceptors (Lipinski definition) is 5. The van der Waals surface area contributed by atoms with Gasteiger partial charge in [0.05, 0.1) is 11.6 Å². The van der Waals surface area contributed by atoms with E-state index in [0.717, 1.165) is 60.3 Å². The first-order valence-electron chi connectivity index (χ1n) is 13.2. The molecule has 1 aromatic heterocycles. The van der Waals surface area contributed by atoms with Gasteiger partial charge in [-0.15, -0.1) is 0 Å². The van der Waals surface area contributed by atoms with Crippen LogP contribution in [0.5, 0.6) is 5.75 Å². The van der Waals surface area contributed by atoms with Crippen LogP contribution in [-0.2, 0) is 16.2 Å². The van der Waals surface area contributed by atoms with Crippen molar-refractivity contribution in [2.24, 2.45) is 0 Å². The maximum absolute atomic E-state index is 13.3. The monoisotopic (exact) mass is 522 g/mol. The molecule has 2 aromatic carbocycles. The highest BCUT2D eigenvalue weighted by Crippen LogP contribution is 2.29. The molecule has 1 saturated carbocycles. The van der Waals surface area contributed by atoms with Crippen LogP contribution in [0.2, 0.25) is 0 Å². The first-order valence-corrected chi connectivity index (χ1v) is 13.2. The number of nitrogens with zero attached hydrogens (tertiary/aromatic N) is 3. The van der Waals surface area contributed by atoms with E-state index in [1.165, 1.54) is 4.90 Å². The first kappa shape index (κ1) is 26.0. The number of carbonyl (C=O) groups excluding carboxylic acids is 3. The van der Waals surface area contributed by atoms with Crippen LogP contribution in [0.3, 0.4) is 0 Å². The summed E-state index contributed by atoms with van der Waals surface area (Å²) in [5.74, 6) is -0.519. The van der Waals surface area contributed by atoms with Crippen molar-refractivity contribution >= 4 is 23.9 Å². The highest BCUT2D eigenvalue weighted by atomic mass is 16.5. The zero-order chi connectivity index (χ0) is 27.5. The van der Waals surface area contributed by atoms with Crippen LogP contribution in [0.25, 0.3) is 11.8 Å². The number of barbiturate groups is 1. The molecule has 4 amide bonds. The molecule has 8 heteroatoms. The highest BCUT2D eigenvalue weighted by Gasteiger charge is 2.40. The van der Waals surface area contributed by atoms with E-state index in [9.17, 15) is 19.6 Å². The second kappa shape index (κ2) is 11.0. The van der Waals surface area contributed by atoms with Crippen molar-refractivity contribution < 1.29 is 19.1 Å². The molecular weight excluding hydrogens is 492 g/mol. The van der Waals surface area contributed by atoms with Crippen LogP contribution in [-0.4, -0.2) is 33.4 Å². The number of hydrogen-bond donors (Lipinski definition) is 1. The molecule has 2 fully saturated rings. The SMILES string of the molecule is Cc1cc(C=C2C(=O)NC(=O)N(C3CCCCC3)C2=O)c(C)n1-c1ccc(OCc2ccccc2C#N)cc1. The predicted molar refractivity (Wildman–Crippen MR) is 146 cm³/mol. The highest BCUT2D eigenvalue weighted by molar-refractivity contribution is 6.31. The fourth-order valence-electron chi connectivity index (χ4n) is 5.44. The molecule has 0 unspecified atom stereocenters. The summed E-state index contributed by atoms with van der Waals surface area (Å²) >= 11 is 0. The van der Waals surface area contributed by atoms with Gasteiger partial charge in [-0.05, 0) is 74.7 Å². The topological polar surface area (TPSA) is 104 Å². The Morgan fingerprint density at radius 3 is 2.46 bits per heavy atom. The van der Waals surface area contributed by atoms with Gasteiger partial charge in [-0.25, -0.2) is 4.79 Å². The quantitative estimate of drug-likeness (QED) is 0.348. The number of amides is 4. The summed E-state index contributed by atoms with van der Waals surface area (Å²) < 4.78 is 7.94. The predicted octanol–water partition coefficient (Wildman–Crippen LogP) is 5.34.